The molecule has 2 rings (SSSR count). The molecule has 2 aromatic rings. The number of ketones is 1. The van der Waals surface area contributed by atoms with Gasteiger partial charge in [0.05, 0.1) is 6.42 Å². The zero-order chi connectivity index (χ0) is 22.6. The van der Waals surface area contributed by atoms with Crippen LogP contribution in [0, 0.1) is 0 Å². The summed E-state index contributed by atoms with van der Waals surface area (Å²) in [5, 5.41) is 7.42. The van der Waals surface area contributed by atoms with E-state index in [-0.39, 0.29) is 18.6 Å². The van der Waals surface area contributed by atoms with Crippen LogP contribution in [0.1, 0.15) is 63.2 Å². The number of carboxylic acid groups (broad SMARTS) is 1. The third kappa shape index (κ3) is 9.01. The summed E-state index contributed by atoms with van der Waals surface area (Å²) in [7, 11) is 0. The molecule has 0 aliphatic carbocycles. The molecule has 162 valence electrons. The van der Waals surface area contributed by atoms with Crippen LogP contribution in [0.15, 0.2) is 54.6 Å². The summed E-state index contributed by atoms with van der Waals surface area (Å²) in [6.07, 6.45) is 2.17. The molecule has 0 spiro atoms. The van der Waals surface area contributed by atoms with Gasteiger partial charge in [0.15, 0.2) is 11.5 Å². The molecule has 0 aliphatic rings. The molecule has 2 aromatic carbocycles. The normalized spacial score (nSPS) is 12.1. The second-order valence-electron chi connectivity index (χ2n) is 7.03. The molecular weight excluding hydrogens is 382 g/mol. The van der Waals surface area contributed by atoms with E-state index in [4.69, 9.17) is 20.4 Å². The van der Waals surface area contributed by atoms with E-state index in [9.17, 15) is 9.59 Å². The van der Waals surface area contributed by atoms with Gasteiger partial charge in [-0.2, -0.15) is 0 Å². The van der Waals surface area contributed by atoms with Crippen molar-refractivity contribution in [2.45, 2.75) is 58.6 Å². The number of carbonyl (C=O) groups excluding carboxylic acids is 2. The zero-order valence-electron chi connectivity index (χ0n) is 17.9. The first-order valence-corrected chi connectivity index (χ1v) is 10.1. The van der Waals surface area contributed by atoms with Crippen molar-refractivity contribution in [3.05, 3.63) is 60.2 Å². The Morgan fingerprint density at radius 2 is 1.47 bits per heavy atom. The number of esters is 1. The number of Topliss-reactive ketones (excluding diaryl/α,β-unsaturated/α-hetero) is 1. The highest BCUT2D eigenvalue weighted by Gasteiger charge is 2.26. The molecule has 0 heterocycles. The van der Waals surface area contributed by atoms with E-state index in [0.29, 0.717) is 18.4 Å². The van der Waals surface area contributed by atoms with E-state index < -0.39 is 17.7 Å². The van der Waals surface area contributed by atoms with Gasteiger partial charge in [-0.25, -0.2) is 0 Å². The van der Waals surface area contributed by atoms with Crippen LogP contribution >= 0.6 is 0 Å². The molecule has 3 N–H and O–H groups in total. The van der Waals surface area contributed by atoms with Crippen molar-refractivity contribution in [1.29, 1.82) is 0 Å². The van der Waals surface area contributed by atoms with Crippen LogP contribution in [-0.2, 0) is 14.3 Å². The molecule has 0 fully saturated rings. The molecule has 6 heteroatoms. The number of aliphatic carboxylic acids is 1. The molecule has 1 unspecified atom stereocenters. The predicted octanol–water partition coefficient (Wildman–Crippen LogP) is 4.82. The van der Waals surface area contributed by atoms with Crippen LogP contribution < -0.4 is 5.73 Å². The quantitative estimate of drug-likeness (QED) is 0.347. The van der Waals surface area contributed by atoms with Crippen LogP contribution in [0.25, 0.3) is 11.1 Å². The van der Waals surface area contributed by atoms with Crippen molar-refractivity contribution < 1.29 is 24.2 Å². The Morgan fingerprint density at radius 1 is 0.933 bits per heavy atom. The second-order valence-corrected chi connectivity index (χ2v) is 7.03. The van der Waals surface area contributed by atoms with Crippen molar-refractivity contribution >= 4 is 17.7 Å². The molecule has 0 radical (unpaired) electrons. The summed E-state index contributed by atoms with van der Waals surface area (Å²) in [4.78, 5) is 33.3. The maximum Gasteiger partial charge on any atom is 0.308 e. The lowest BCUT2D eigenvalue weighted by molar-refractivity contribution is -0.160. The number of nitrogens with two attached hydrogens (primary N) is 1. The van der Waals surface area contributed by atoms with Gasteiger partial charge in [-0.15, -0.1) is 0 Å². The summed E-state index contributed by atoms with van der Waals surface area (Å²) in [6.45, 7) is 4.97. The summed E-state index contributed by atoms with van der Waals surface area (Å²) in [5.74, 6) is -1.33. The van der Waals surface area contributed by atoms with Crippen LogP contribution in [0.2, 0.25) is 0 Å². The fourth-order valence-corrected chi connectivity index (χ4v) is 2.84. The Bertz CT molecular complexity index is 813. The van der Waals surface area contributed by atoms with Crippen LogP contribution in [0.5, 0.6) is 0 Å². The first-order valence-electron chi connectivity index (χ1n) is 10.1. The lowest BCUT2D eigenvalue weighted by atomic mass is 10.0. The Kier molecular flexibility index (Phi) is 10.5. The molecule has 1 atom stereocenters. The van der Waals surface area contributed by atoms with Gasteiger partial charge in [0, 0.05) is 25.3 Å². The Hall–Kier alpha value is -2.99. The summed E-state index contributed by atoms with van der Waals surface area (Å²) >= 11 is 0. The van der Waals surface area contributed by atoms with Gasteiger partial charge in [0.2, 0.25) is 0 Å². The van der Waals surface area contributed by atoms with E-state index in [1.807, 2.05) is 56.3 Å². The van der Waals surface area contributed by atoms with E-state index in [1.54, 1.807) is 12.1 Å². The van der Waals surface area contributed by atoms with Crippen LogP contribution in [0.4, 0.5) is 0 Å². The largest absolute Gasteiger partial charge is 0.481 e. The maximum absolute atomic E-state index is 12.3. The standard InChI is InChI=1S/C22H27NO3.C2H4O2/c1-3-16-22(23,4-2)26-21(25)15-14-20(24)19-12-10-18(11-13-19)17-8-6-5-7-9-17;1-2(3)4/h5-13H,3-4,14-16,23H2,1-2H3;1H3,(H,3,4). The van der Waals surface area contributed by atoms with Crippen molar-refractivity contribution in [1.82, 2.24) is 0 Å². The van der Waals surface area contributed by atoms with Gasteiger partial charge in [-0.1, -0.05) is 74.9 Å². The van der Waals surface area contributed by atoms with Gasteiger partial charge in [-0.05, 0) is 17.5 Å². The zero-order valence-corrected chi connectivity index (χ0v) is 17.9. The van der Waals surface area contributed by atoms with Crippen molar-refractivity contribution in [2.75, 3.05) is 0 Å². The number of rotatable bonds is 9. The van der Waals surface area contributed by atoms with Crippen LogP contribution in [-0.4, -0.2) is 28.6 Å². The summed E-state index contributed by atoms with van der Waals surface area (Å²) in [6, 6.07) is 17.4. The Balaban J connectivity index is 0.00000103. The maximum atomic E-state index is 12.3. The minimum Gasteiger partial charge on any atom is -0.481 e. The average Bonchev–Trinajstić information content (AvgIpc) is 2.72. The number of ether oxygens (including phenoxy) is 1. The van der Waals surface area contributed by atoms with E-state index in [1.165, 1.54) is 0 Å². The van der Waals surface area contributed by atoms with Crippen molar-refractivity contribution in [2.24, 2.45) is 5.73 Å². The average molecular weight is 414 g/mol. The third-order valence-electron chi connectivity index (χ3n) is 4.46. The number of benzene rings is 2. The molecule has 0 saturated carbocycles. The van der Waals surface area contributed by atoms with E-state index >= 15 is 0 Å². The van der Waals surface area contributed by atoms with Crippen molar-refractivity contribution in [3.8, 4) is 11.1 Å². The highest BCUT2D eigenvalue weighted by Crippen LogP contribution is 2.21. The highest BCUT2D eigenvalue weighted by molar-refractivity contribution is 5.97. The predicted molar refractivity (Wildman–Crippen MR) is 117 cm³/mol. The fourth-order valence-electron chi connectivity index (χ4n) is 2.84. The fraction of sp³-hybridized carbons (Fsp3) is 0.375. The smallest absolute Gasteiger partial charge is 0.308 e. The lowest BCUT2D eigenvalue weighted by Crippen LogP contribution is -2.43. The molecule has 6 nitrogen and oxygen atoms in total. The van der Waals surface area contributed by atoms with E-state index in [2.05, 4.69) is 0 Å². The lowest BCUT2D eigenvalue weighted by Gasteiger charge is -2.27. The number of carboxylic acids is 1. The number of carbonyl (C=O) groups is 3. The Morgan fingerprint density at radius 3 is 1.97 bits per heavy atom. The number of hydrogen-bond donors (Lipinski definition) is 2. The van der Waals surface area contributed by atoms with Gasteiger partial charge in [-0.3, -0.25) is 20.1 Å². The summed E-state index contributed by atoms with van der Waals surface area (Å²) < 4.78 is 5.38. The van der Waals surface area contributed by atoms with Crippen molar-refractivity contribution in [3.63, 3.8) is 0 Å². The van der Waals surface area contributed by atoms with Crippen LogP contribution in [0.3, 0.4) is 0 Å². The van der Waals surface area contributed by atoms with Gasteiger partial charge >= 0.3 is 5.97 Å². The number of hydrogen-bond acceptors (Lipinski definition) is 5. The first kappa shape index (κ1) is 25.0. The minimum absolute atomic E-state index is 0.0436. The molecule has 0 aliphatic heterocycles. The monoisotopic (exact) mass is 413 g/mol. The minimum atomic E-state index is -0.924. The molecule has 0 amide bonds. The first-order chi connectivity index (χ1) is 14.2. The second kappa shape index (κ2) is 12.5. The molecule has 0 bridgehead atoms. The molecule has 0 aromatic heterocycles. The highest BCUT2D eigenvalue weighted by atomic mass is 16.6. The SMILES string of the molecule is CC(=O)O.CCCC(N)(CC)OC(=O)CCC(=O)c1ccc(-c2ccccc2)cc1. The van der Waals surface area contributed by atoms with Gasteiger partial charge < -0.3 is 9.84 Å². The molecule has 30 heavy (non-hydrogen) atoms. The van der Waals surface area contributed by atoms with Gasteiger partial charge in [0.1, 0.15) is 0 Å². The third-order valence-corrected chi connectivity index (χ3v) is 4.46. The molecule has 0 saturated heterocycles. The topological polar surface area (TPSA) is 107 Å². The van der Waals surface area contributed by atoms with E-state index in [0.717, 1.165) is 24.5 Å². The summed E-state index contributed by atoms with van der Waals surface area (Å²) in [5.41, 5.74) is 7.90. The Labute approximate surface area is 178 Å². The molecular formula is C24H31NO5. The van der Waals surface area contributed by atoms with Gasteiger partial charge in [0.25, 0.3) is 5.97 Å².